The molecule has 0 amide bonds. The second-order valence-corrected chi connectivity index (χ2v) is 7.39. The van der Waals surface area contributed by atoms with Crippen LogP contribution in [0.15, 0.2) is 62.8 Å². The molecule has 0 radical (unpaired) electrons. The van der Waals surface area contributed by atoms with Gasteiger partial charge in [-0.1, -0.05) is 40.2 Å². The second-order valence-electron chi connectivity index (χ2n) is 5.44. The Labute approximate surface area is 155 Å². The van der Waals surface area contributed by atoms with Gasteiger partial charge in [0.15, 0.2) is 5.78 Å². The Bertz CT molecular complexity index is 770. The van der Waals surface area contributed by atoms with Crippen molar-refractivity contribution in [2.75, 3.05) is 5.75 Å². The molecule has 0 aliphatic carbocycles. The molecule has 1 heterocycles. The van der Waals surface area contributed by atoms with Crippen LogP contribution in [-0.2, 0) is 4.79 Å². The Morgan fingerprint density at radius 1 is 1.42 bits per heavy atom. The summed E-state index contributed by atoms with van der Waals surface area (Å²) in [7, 11) is 0. The molecule has 2 rings (SSSR count). The topological polar surface area (TPSA) is 52.9 Å². The van der Waals surface area contributed by atoms with Crippen molar-refractivity contribution in [1.82, 2.24) is 5.32 Å². The van der Waals surface area contributed by atoms with Crippen LogP contribution in [0.1, 0.15) is 32.3 Å². The van der Waals surface area contributed by atoms with Crippen molar-refractivity contribution in [1.29, 1.82) is 5.26 Å². The van der Waals surface area contributed by atoms with Crippen LogP contribution in [0.5, 0.6) is 0 Å². The van der Waals surface area contributed by atoms with Gasteiger partial charge in [0.25, 0.3) is 0 Å². The van der Waals surface area contributed by atoms with E-state index in [4.69, 9.17) is 0 Å². The molecule has 0 saturated carbocycles. The minimum absolute atomic E-state index is 0.0156. The molecule has 3 nitrogen and oxygen atoms in total. The molecule has 1 atom stereocenters. The number of hydrogen-bond donors (Lipinski definition) is 1. The smallest absolute Gasteiger partial charge is 0.158 e. The molecule has 1 aromatic rings. The summed E-state index contributed by atoms with van der Waals surface area (Å²) in [6, 6.07) is 10.1. The summed E-state index contributed by atoms with van der Waals surface area (Å²) in [5, 5.41) is 13.8. The minimum Gasteiger partial charge on any atom is -0.353 e. The van der Waals surface area contributed by atoms with Crippen molar-refractivity contribution < 1.29 is 4.79 Å². The fourth-order valence-corrected chi connectivity index (χ4v) is 3.97. The average Bonchev–Trinajstić information content (AvgIpc) is 2.55. The van der Waals surface area contributed by atoms with Gasteiger partial charge in [0.1, 0.15) is 0 Å². The number of nitriles is 1. The number of thioether (sulfide) groups is 1. The first-order valence-electron chi connectivity index (χ1n) is 7.62. The number of hydrogen-bond acceptors (Lipinski definition) is 4. The molecule has 5 heteroatoms. The summed E-state index contributed by atoms with van der Waals surface area (Å²) in [5.74, 6) is 0.438. The molecule has 1 N–H and O–H groups in total. The molecule has 1 unspecified atom stereocenters. The van der Waals surface area contributed by atoms with Crippen molar-refractivity contribution in [3.8, 4) is 6.07 Å². The van der Waals surface area contributed by atoms with Crippen molar-refractivity contribution in [3.63, 3.8) is 0 Å². The van der Waals surface area contributed by atoms with Crippen LogP contribution in [-0.4, -0.2) is 11.5 Å². The molecule has 1 aliphatic rings. The Kier molecular flexibility index (Phi) is 6.47. The van der Waals surface area contributed by atoms with E-state index in [0.717, 1.165) is 26.5 Å². The number of nitrogens with zero attached hydrogens (tertiary/aromatic N) is 1. The van der Waals surface area contributed by atoms with Gasteiger partial charge in [-0.25, -0.2) is 0 Å². The number of Topliss-reactive ketones (excluding diaryl/α,β-unsaturated/α-hetero) is 1. The standard InChI is InChI=1S/C19H19BrN2OS/c1-4-5-10-24-19-16(11-21)18(14-6-8-15(20)9-7-14)17(13(3)23)12(2)22-19/h4-9,18,22H,10H2,1-3H3/b5-4+. The number of allylic oxidation sites excluding steroid dienone is 4. The van der Waals surface area contributed by atoms with E-state index in [0.29, 0.717) is 11.1 Å². The number of nitrogens with one attached hydrogen (secondary N) is 1. The van der Waals surface area contributed by atoms with E-state index >= 15 is 0 Å². The minimum atomic E-state index is -0.324. The van der Waals surface area contributed by atoms with Crippen LogP contribution in [0.3, 0.4) is 0 Å². The highest BCUT2D eigenvalue weighted by atomic mass is 79.9. The van der Waals surface area contributed by atoms with Gasteiger partial charge in [-0.3, -0.25) is 4.79 Å². The summed E-state index contributed by atoms with van der Waals surface area (Å²) in [4.78, 5) is 12.2. The number of ketones is 1. The Morgan fingerprint density at radius 3 is 2.62 bits per heavy atom. The summed E-state index contributed by atoms with van der Waals surface area (Å²) in [6.07, 6.45) is 4.03. The first-order chi connectivity index (χ1) is 11.5. The lowest BCUT2D eigenvalue weighted by Gasteiger charge is -2.29. The van der Waals surface area contributed by atoms with Gasteiger partial charge < -0.3 is 5.32 Å². The predicted molar refractivity (Wildman–Crippen MR) is 103 cm³/mol. The zero-order valence-electron chi connectivity index (χ0n) is 13.9. The van der Waals surface area contributed by atoms with E-state index in [2.05, 4.69) is 27.3 Å². The summed E-state index contributed by atoms with van der Waals surface area (Å²) >= 11 is 5.01. The van der Waals surface area contributed by atoms with Crippen LogP contribution in [0.25, 0.3) is 0 Å². The Morgan fingerprint density at radius 2 is 2.08 bits per heavy atom. The highest BCUT2D eigenvalue weighted by Crippen LogP contribution is 2.41. The lowest BCUT2D eigenvalue weighted by Crippen LogP contribution is -2.27. The maximum atomic E-state index is 12.2. The summed E-state index contributed by atoms with van der Waals surface area (Å²) in [6.45, 7) is 5.42. The maximum absolute atomic E-state index is 12.2. The Hall–Kier alpha value is -1.77. The average molecular weight is 403 g/mol. The summed E-state index contributed by atoms with van der Waals surface area (Å²) in [5.41, 5.74) is 3.02. The number of halogens is 1. The molecule has 124 valence electrons. The summed E-state index contributed by atoms with van der Waals surface area (Å²) < 4.78 is 0.968. The number of rotatable bonds is 5. The molecule has 0 bridgehead atoms. The van der Waals surface area contributed by atoms with Crippen molar-refractivity contribution >= 4 is 33.5 Å². The first-order valence-corrected chi connectivity index (χ1v) is 9.39. The first kappa shape index (κ1) is 18.6. The quantitative estimate of drug-likeness (QED) is 0.700. The fraction of sp³-hybridized carbons (Fsp3) is 0.263. The van der Waals surface area contributed by atoms with Crippen molar-refractivity contribution in [2.45, 2.75) is 26.7 Å². The van der Waals surface area contributed by atoms with Gasteiger partial charge in [-0.15, -0.1) is 11.8 Å². The monoisotopic (exact) mass is 402 g/mol. The predicted octanol–water partition coefficient (Wildman–Crippen LogP) is 5.04. The van der Waals surface area contributed by atoms with E-state index in [9.17, 15) is 10.1 Å². The van der Waals surface area contributed by atoms with Gasteiger partial charge in [0.2, 0.25) is 0 Å². The van der Waals surface area contributed by atoms with Gasteiger partial charge in [0, 0.05) is 21.5 Å². The third kappa shape index (κ3) is 4.00. The fourth-order valence-electron chi connectivity index (χ4n) is 2.71. The largest absolute Gasteiger partial charge is 0.353 e. The zero-order valence-corrected chi connectivity index (χ0v) is 16.3. The zero-order chi connectivity index (χ0) is 17.7. The van der Waals surface area contributed by atoms with Gasteiger partial charge in [0.05, 0.1) is 22.6 Å². The lowest BCUT2D eigenvalue weighted by atomic mass is 9.81. The van der Waals surface area contributed by atoms with Crippen molar-refractivity contribution in [2.24, 2.45) is 0 Å². The molecule has 0 spiro atoms. The number of benzene rings is 1. The molecular weight excluding hydrogens is 384 g/mol. The van der Waals surface area contributed by atoms with Crippen LogP contribution in [0, 0.1) is 11.3 Å². The normalized spacial score (nSPS) is 17.9. The molecule has 0 fully saturated rings. The van der Waals surface area contributed by atoms with Gasteiger partial charge in [-0.05, 0) is 38.5 Å². The van der Waals surface area contributed by atoms with E-state index in [1.807, 2.05) is 50.3 Å². The van der Waals surface area contributed by atoms with Crippen molar-refractivity contribution in [3.05, 3.63) is 68.3 Å². The highest BCUT2D eigenvalue weighted by Gasteiger charge is 2.32. The third-order valence-corrected chi connectivity index (χ3v) is 5.29. The second kappa shape index (κ2) is 8.36. The molecule has 0 aromatic heterocycles. The van der Waals surface area contributed by atoms with Crippen LogP contribution in [0.4, 0.5) is 0 Å². The highest BCUT2D eigenvalue weighted by molar-refractivity contribution is 9.10. The third-order valence-electron chi connectivity index (χ3n) is 3.79. The van der Waals surface area contributed by atoms with E-state index in [1.54, 1.807) is 18.7 Å². The van der Waals surface area contributed by atoms with Gasteiger partial charge in [-0.2, -0.15) is 5.26 Å². The van der Waals surface area contributed by atoms with Gasteiger partial charge >= 0.3 is 0 Å². The molecule has 1 aromatic carbocycles. The van der Waals surface area contributed by atoms with E-state index < -0.39 is 0 Å². The molecule has 0 saturated heterocycles. The SMILES string of the molecule is C/C=C/CSC1=C(C#N)C(c2ccc(Br)cc2)C(C(C)=O)=C(C)N1. The lowest BCUT2D eigenvalue weighted by molar-refractivity contribution is -0.113. The number of carbonyl (C=O) groups excluding carboxylic acids is 1. The maximum Gasteiger partial charge on any atom is 0.158 e. The van der Waals surface area contributed by atoms with E-state index in [1.165, 1.54) is 0 Å². The molecule has 1 aliphatic heterocycles. The number of carbonyl (C=O) groups is 1. The van der Waals surface area contributed by atoms with Crippen LogP contribution >= 0.6 is 27.7 Å². The number of dihydropyridines is 1. The van der Waals surface area contributed by atoms with E-state index in [-0.39, 0.29) is 11.7 Å². The van der Waals surface area contributed by atoms with Crippen LogP contribution < -0.4 is 5.32 Å². The molecular formula is C19H19BrN2OS. The van der Waals surface area contributed by atoms with Crippen LogP contribution in [0.2, 0.25) is 0 Å². The Balaban J connectivity index is 2.55. The molecule has 24 heavy (non-hydrogen) atoms.